The van der Waals surface area contributed by atoms with Crippen molar-refractivity contribution < 1.29 is 14.3 Å². The van der Waals surface area contributed by atoms with Crippen molar-refractivity contribution in [2.45, 2.75) is 69.5 Å². The molecule has 32 heavy (non-hydrogen) atoms. The molecule has 7 heteroatoms. The average Bonchev–Trinajstić information content (AvgIpc) is 3.49. The van der Waals surface area contributed by atoms with Crippen LogP contribution >= 0.6 is 0 Å². The quantitative estimate of drug-likeness (QED) is 0.639. The number of aromatic nitrogens is 1. The van der Waals surface area contributed by atoms with Crippen LogP contribution in [-0.4, -0.2) is 64.7 Å². The van der Waals surface area contributed by atoms with E-state index in [2.05, 4.69) is 16.0 Å². The Morgan fingerprint density at radius 2 is 1.81 bits per heavy atom. The summed E-state index contributed by atoms with van der Waals surface area (Å²) in [6, 6.07) is 4.28. The standard InChI is InChI=1S/C25H38N4O3/c1-27-7-3-4-22(27)16-29(21-5-6-21)23(30)17-28(8-9-32-2)24(31)26-25-13-18-10-19(14-25)12-20(11-18)15-25/h3-4,7,18-21H,5-6,8-17H2,1-2H3,(H,26,31). The normalized spacial score (nSPS) is 30.4. The molecule has 0 unspecified atom stereocenters. The molecule has 0 radical (unpaired) electrons. The van der Waals surface area contributed by atoms with Crippen LogP contribution in [0.5, 0.6) is 0 Å². The molecule has 0 saturated heterocycles. The molecule has 0 spiro atoms. The van der Waals surface area contributed by atoms with Gasteiger partial charge in [0.25, 0.3) is 0 Å². The Hall–Kier alpha value is -2.02. The summed E-state index contributed by atoms with van der Waals surface area (Å²) in [5.41, 5.74) is 1.06. The summed E-state index contributed by atoms with van der Waals surface area (Å²) in [6.07, 6.45) is 11.5. The third-order valence-electron chi connectivity index (χ3n) is 8.28. The van der Waals surface area contributed by atoms with Crippen molar-refractivity contribution in [3.8, 4) is 0 Å². The first kappa shape index (κ1) is 21.8. The molecule has 5 aliphatic carbocycles. The minimum absolute atomic E-state index is 0.0328. The van der Waals surface area contributed by atoms with Gasteiger partial charge in [-0.15, -0.1) is 0 Å². The van der Waals surface area contributed by atoms with Gasteiger partial charge < -0.3 is 24.4 Å². The lowest BCUT2D eigenvalue weighted by Crippen LogP contribution is -2.62. The zero-order valence-electron chi connectivity index (χ0n) is 19.6. The summed E-state index contributed by atoms with van der Waals surface area (Å²) in [6.45, 7) is 1.58. The predicted octanol–water partition coefficient (Wildman–Crippen LogP) is 3.14. The number of nitrogens with one attached hydrogen (secondary N) is 1. The summed E-state index contributed by atoms with van der Waals surface area (Å²) < 4.78 is 7.33. The van der Waals surface area contributed by atoms with Crippen LogP contribution in [0.3, 0.4) is 0 Å². The van der Waals surface area contributed by atoms with Crippen LogP contribution < -0.4 is 5.32 Å². The molecule has 5 fully saturated rings. The predicted molar refractivity (Wildman–Crippen MR) is 122 cm³/mol. The van der Waals surface area contributed by atoms with Gasteiger partial charge in [-0.05, 0) is 81.3 Å². The number of urea groups is 1. The van der Waals surface area contributed by atoms with Gasteiger partial charge in [-0.1, -0.05) is 0 Å². The summed E-state index contributed by atoms with van der Waals surface area (Å²) >= 11 is 0. The van der Waals surface area contributed by atoms with Crippen molar-refractivity contribution >= 4 is 11.9 Å². The van der Waals surface area contributed by atoms with Gasteiger partial charge in [-0.2, -0.15) is 0 Å². The average molecular weight is 443 g/mol. The molecular weight excluding hydrogens is 404 g/mol. The molecule has 3 amide bonds. The smallest absolute Gasteiger partial charge is 0.318 e. The number of rotatable bonds is 9. The number of aryl methyl sites for hydroxylation is 1. The van der Waals surface area contributed by atoms with Gasteiger partial charge in [-0.25, -0.2) is 4.79 Å². The molecule has 1 aromatic rings. The largest absolute Gasteiger partial charge is 0.383 e. The van der Waals surface area contributed by atoms with E-state index in [0.29, 0.717) is 25.7 Å². The Labute approximate surface area is 191 Å². The van der Waals surface area contributed by atoms with Crippen LogP contribution in [-0.2, 0) is 23.1 Å². The zero-order valence-corrected chi connectivity index (χ0v) is 19.6. The van der Waals surface area contributed by atoms with E-state index in [9.17, 15) is 9.59 Å². The van der Waals surface area contributed by atoms with Crippen LogP contribution in [0, 0.1) is 17.8 Å². The van der Waals surface area contributed by atoms with Gasteiger partial charge in [-0.3, -0.25) is 4.79 Å². The molecule has 1 aromatic heterocycles. The number of methoxy groups -OCH3 is 1. The Balaban J connectivity index is 1.26. The number of amides is 3. The third kappa shape index (κ3) is 4.54. The topological polar surface area (TPSA) is 66.8 Å². The molecule has 4 bridgehead atoms. The van der Waals surface area contributed by atoms with Crippen molar-refractivity contribution in [1.29, 1.82) is 0 Å². The lowest BCUT2D eigenvalue weighted by atomic mass is 9.53. The fourth-order valence-corrected chi connectivity index (χ4v) is 6.92. The van der Waals surface area contributed by atoms with Crippen LogP contribution in [0.25, 0.3) is 0 Å². The minimum atomic E-state index is -0.0908. The Morgan fingerprint density at radius 1 is 1.16 bits per heavy atom. The highest BCUT2D eigenvalue weighted by molar-refractivity contribution is 5.84. The number of ether oxygens (including phenoxy) is 1. The first-order valence-corrected chi connectivity index (χ1v) is 12.4. The van der Waals surface area contributed by atoms with Gasteiger partial charge in [0.05, 0.1) is 13.2 Å². The first-order valence-electron chi connectivity index (χ1n) is 12.4. The van der Waals surface area contributed by atoms with Crippen molar-refractivity contribution in [2.24, 2.45) is 24.8 Å². The molecule has 0 atom stereocenters. The molecule has 176 valence electrons. The van der Waals surface area contributed by atoms with Crippen molar-refractivity contribution in [1.82, 2.24) is 19.7 Å². The molecule has 0 aliphatic heterocycles. The highest BCUT2D eigenvalue weighted by Crippen LogP contribution is 2.55. The second-order valence-corrected chi connectivity index (χ2v) is 10.9. The number of hydrogen-bond acceptors (Lipinski definition) is 3. The second kappa shape index (κ2) is 8.73. The highest BCUT2D eigenvalue weighted by atomic mass is 16.5. The third-order valence-corrected chi connectivity index (χ3v) is 8.28. The zero-order chi connectivity index (χ0) is 22.3. The molecule has 1 heterocycles. The van der Waals surface area contributed by atoms with Crippen molar-refractivity contribution in [2.75, 3.05) is 26.8 Å². The van der Waals surface area contributed by atoms with E-state index in [0.717, 1.165) is 55.6 Å². The molecule has 5 aliphatic rings. The Kier molecular flexibility index (Phi) is 5.95. The van der Waals surface area contributed by atoms with Gasteiger partial charge in [0.2, 0.25) is 5.91 Å². The van der Waals surface area contributed by atoms with E-state index in [4.69, 9.17) is 4.74 Å². The first-order chi connectivity index (χ1) is 15.4. The molecule has 7 nitrogen and oxygen atoms in total. The minimum Gasteiger partial charge on any atom is -0.383 e. The number of carbonyl (C=O) groups excluding carboxylic acids is 2. The second-order valence-electron chi connectivity index (χ2n) is 10.9. The maximum atomic E-state index is 13.4. The fraction of sp³-hybridized carbons (Fsp3) is 0.760. The SMILES string of the molecule is COCCN(CC(=O)N(Cc1cccn1C)C1CC1)C(=O)NC12CC3CC(CC(C3)C1)C2. The molecular formula is C25H38N4O3. The molecule has 0 aromatic carbocycles. The van der Waals surface area contributed by atoms with Gasteiger partial charge in [0.15, 0.2) is 0 Å². The highest BCUT2D eigenvalue weighted by Gasteiger charge is 2.52. The van der Waals surface area contributed by atoms with E-state index >= 15 is 0 Å². The van der Waals surface area contributed by atoms with E-state index in [-0.39, 0.29) is 24.0 Å². The number of nitrogens with zero attached hydrogens (tertiary/aromatic N) is 3. The summed E-state index contributed by atoms with van der Waals surface area (Å²) in [7, 11) is 3.65. The van der Waals surface area contributed by atoms with E-state index < -0.39 is 0 Å². The van der Waals surface area contributed by atoms with Crippen LogP contribution in [0.4, 0.5) is 4.79 Å². The van der Waals surface area contributed by atoms with Gasteiger partial charge in [0.1, 0.15) is 6.54 Å². The van der Waals surface area contributed by atoms with E-state index in [1.165, 1.54) is 19.3 Å². The Bertz CT molecular complexity index is 811. The lowest BCUT2D eigenvalue weighted by molar-refractivity contribution is -0.133. The Morgan fingerprint density at radius 3 is 2.34 bits per heavy atom. The number of hydrogen-bond donors (Lipinski definition) is 1. The molecule has 6 rings (SSSR count). The summed E-state index contributed by atoms with van der Waals surface area (Å²) in [5, 5.41) is 3.43. The lowest BCUT2D eigenvalue weighted by Gasteiger charge is -2.57. The van der Waals surface area contributed by atoms with Crippen LogP contribution in [0.2, 0.25) is 0 Å². The van der Waals surface area contributed by atoms with E-state index in [1.807, 2.05) is 24.2 Å². The fourth-order valence-electron chi connectivity index (χ4n) is 6.92. The maximum Gasteiger partial charge on any atom is 0.318 e. The summed E-state index contributed by atoms with van der Waals surface area (Å²) in [5.74, 6) is 2.34. The maximum absolute atomic E-state index is 13.4. The van der Waals surface area contributed by atoms with Gasteiger partial charge >= 0.3 is 6.03 Å². The van der Waals surface area contributed by atoms with Crippen molar-refractivity contribution in [3.63, 3.8) is 0 Å². The van der Waals surface area contributed by atoms with E-state index in [1.54, 1.807) is 12.0 Å². The van der Waals surface area contributed by atoms with Crippen LogP contribution in [0.15, 0.2) is 18.3 Å². The monoisotopic (exact) mass is 442 g/mol. The van der Waals surface area contributed by atoms with Crippen LogP contribution in [0.1, 0.15) is 57.1 Å². The molecule has 1 N–H and O–H groups in total. The van der Waals surface area contributed by atoms with Crippen molar-refractivity contribution in [3.05, 3.63) is 24.0 Å². The summed E-state index contributed by atoms with van der Waals surface area (Å²) in [4.78, 5) is 30.4. The van der Waals surface area contributed by atoms with Gasteiger partial charge in [0, 0.05) is 44.2 Å². The number of carbonyl (C=O) groups is 2. The molecule has 5 saturated carbocycles.